The van der Waals surface area contributed by atoms with E-state index in [4.69, 9.17) is 0 Å². The monoisotopic (exact) mass is 198 g/mol. The van der Waals surface area contributed by atoms with E-state index in [0.29, 0.717) is 6.42 Å². The van der Waals surface area contributed by atoms with Crippen molar-refractivity contribution in [3.8, 4) is 0 Å². The molecule has 0 aromatic rings. The maximum absolute atomic E-state index is 11.2. The second-order valence-corrected chi connectivity index (χ2v) is 2.57. The van der Waals surface area contributed by atoms with Crippen LogP contribution in [0.15, 0.2) is 25.7 Å². The Kier molecular flexibility index (Phi) is 6.11. The smallest absolute Gasteiger partial charge is 0.314 e. The number of ether oxygens (including phenoxy) is 2. The van der Waals surface area contributed by atoms with Crippen LogP contribution in [-0.2, 0) is 19.1 Å². The molecule has 78 valence electrons. The first-order chi connectivity index (χ1) is 6.65. The molecule has 0 saturated heterocycles. The van der Waals surface area contributed by atoms with E-state index in [9.17, 15) is 9.59 Å². The van der Waals surface area contributed by atoms with Gasteiger partial charge in [0.05, 0.1) is 24.9 Å². The minimum absolute atomic E-state index is 0.00477. The fraction of sp³-hybridized carbons (Fsp3) is 0.400. The van der Waals surface area contributed by atoms with Gasteiger partial charge in [-0.2, -0.15) is 0 Å². The van der Waals surface area contributed by atoms with E-state index in [2.05, 4.69) is 22.6 Å². The molecule has 4 nitrogen and oxygen atoms in total. The minimum atomic E-state index is -0.493. The van der Waals surface area contributed by atoms with Crippen molar-refractivity contribution in [1.29, 1.82) is 0 Å². The Morgan fingerprint density at radius 2 is 1.86 bits per heavy atom. The second kappa shape index (κ2) is 6.88. The first kappa shape index (κ1) is 12.4. The van der Waals surface area contributed by atoms with Gasteiger partial charge in [0.1, 0.15) is 0 Å². The van der Waals surface area contributed by atoms with Crippen LogP contribution in [0, 0.1) is 5.92 Å². The molecule has 1 atom stereocenters. The highest BCUT2D eigenvalue weighted by Crippen LogP contribution is 2.11. The summed E-state index contributed by atoms with van der Waals surface area (Å²) in [5, 5.41) is 0. The number of carbonyl (C=O) groups is 2. The summed E-state index contributed by atoms with van der Waals surface area (Å²) in [4.78, 5) is 22.2. The highest BCUT2D eigenvalue weighted by atomic mass is 16.5. The predicted molar refractivity (Wildman–Crippen MR) is 51.0 cm³/mol. The van der Waals surface area contributed by atoms with E-state index in [1.54, 1.807) is 6.92 Å². The lowest BCUT2D eigenvalue weighted by molar-refractivity contribution is -0.149. The molecular weight excluding hydrogens is 184 g/mol. The summed E-state index contributed by atoms with van der Waals surface area (Å²) in [6, 6.07) is 0. The number of carbonyl (C=O) groups excluding carboxylic acids is 2. The highest BCUT2D eigenvalue weighted by molar-refractivity contribution is 5.80. The fourth-order valence-electron chi connectivity index (χ4n) is 0.915. The number of rotatable bonds is 6. The molecule has 0 radical (unpaired) electrons. The maximum Gasteiger partial charge on any atom is 0.314 e. The first-order valence-electron chi connectivity index (χ1n) is 4.27. The second-order valence-electron chi connectivity index (χ2n) is 2.57. The van der Waals surface area contributed by atoms with Crippen LogP contribution in [0.5, 0.6) is 0 Å². The third-order valence-corrected chi connectivity index (χ3v) is 1.65. The van der Waals surface area contributed by atoms with Crippen LogP contribution in [0.2, 0.25) is 0 Å². The molecule has 0 aromatic carbocycles. The van der Waals surface area contributed by atoms with E-state index in [1.807, 2.05) is 0 Å². The quantitative estimate of drug-likeness (QED) is 0.482. The van der Waals surface area contributed by atoms with Gasteiger partial charge in [0.25, 0.3) is 0 Å². The van der Waals surface area contributed by atoms with Crippen molar-refractivity contribution in [3.63, 3.8) is 0 Å². The van der Waals surface area contributed by atoms with Gasteiger partial charge in [0.15, 0.2) is 0 Å². The van der Waals surface area contributed by atoms with Crippen molar-refractivity contribution >= 4 is 11.9 Å². The van der Waals surface area contributed by atoms with Gasteiger partial charge in [0.2, 0.25) is 0 Å². The van der Waals surface area contributed by atoms with E-state index in [1.165, 1.54) is 0 Å². The van der Waals surface area contributed by atoms with Crippen LogP contribution in [-0.4, -0.2) is 11.9 Å². The highest BCUT2D eigenvalue weighted by Gasteiger charge is 2.21. The van der Waals surface area contributed by atoms with Crippen LogP contribution in [0.25, 0.3) is 0 Å². The molecule has 4 heteroatoms. The Labute approximate surface area is 83.2 Å². The lowest BCUT2D eigenvalue weighted by Crippen LogP contribution is -2.19. The third-order valence-electron chi connectivity index (χ3n) is 1.65. The number of esters is 2. The fourth-order valence-corrected chi connectivity index (χ4v) is 0.915. The zero-order valence-electron chi connectivity index (χ0n) is 8.19. The largest absolute Gasteiger partial charge is 0.435 e. The van der Waals surface area contributed by atoms with Crippen LogP contribution >= 0.6 is 0 Å². The maximum atomic E-state index is 11.2. The summed E-state index contributed by atoms with van der Waals surface area (Å²) < 4.78 is 9.06. The molecule has 0 N–H and O–H groups in total. The lowest BCUT2D eigenvalue weighted by Gasteiger charge is -2.10. The molecule has 0 rings (SSSR count). The zero-order valence-corrected chi connectivity index (χ0v) is 8.19. The molecule has 0 aliphatic heterocycles. The van der Waals surface area contributed by atoms with Crippen LogP contribution in [0.1, 0.15) is 19.8 Å². The van der Waals surface area contributed by atoms with Crippen molar-refractivity contribution in [2.75, 3.05) is 0 Å². The standard InChI is InChI=1S/C10H14O4/c1-4-8(10(12)14-6-3)7-9(11)13-5-2/h5-6,8H,2-4,7H2,1H3. The summed E-state index contributed by atoms with van der Waals surface area (Å²) in [6.45, 7) is 8.28. The van der Waals surface area contributed by atoms with Gasteiger partial charge in [-0.05, 0) is 6.42 Å². The normalized spacial score (nSPS) is 11.2. The van der Waals surface area contributed by atoms with Gasteiger partial charge in [-0.3, -0.25) is 9.59 Å². The summed E-state index contributed by atoms with van der Waals surface area (Å²) in [5.74, 6) is -1.45. The van der Waals surface area contributed by atoms with Crippen molar-refractivity contribution in [1.82, 2.24) is 0 Å². The molecule has 1 unspecified atom stereocenters. The third kappa shape index (κ3) is 4.45. The Hall–Kier alpha value is -1.58. The minimum Gasteiger partial charge on any atom is -0.435 e. The van der Waals surface area contributed by atoms with Crippen LogP contribution < -0.4 is 0 Å². The van der Waals surface area contributed by atoms with Gasteiger partial charge >= 0.3 is 11.9 Å². The van der Waals surface area contributed by atoms with Gasteiger partial charge in [0, 0.05) is 0 Å². The Bertz CT molecular complexity index is 232. The van der Waals surface area contributed by atoms with Crippen molar-refractivity contribution < 1.29 is 19.1 Å². The SMILES string of the molecule is C=COC(=O)CC(CC)C(=O)OC=C. The topological polar surface area (TPSA) is 52.6 Å². The van der Waals surface area contributed by atoms with Gasteiger partial charge in [-0.1, -0.05) is 20.1 Å². The van der Waals surface area contributed by atoms with Crippen LogP contribution in [0.3, 0.4) is 0 Å². The molecular formula is C10H14O4. The van der Waals surface area contributed by atoms with Crippen molar-refractivity contribution in [2.45, 2.75) is 19.8 Å². The van der Waals surface area contributed by atoms with E-state index < -0.39 is 17.9 Å². The summed E-state index contributed by atoms with van der Waals surface area (Å²) in [6.07, 6.45) is 2.59. The molecule has 0 saturated carbocycles. The molecule has 0 fully saturated rings. The number of hydrogen-bond donors (Lipinski definition) is 0. The molecule has 0 aliphatic carbocycles. The molecule has 0 aliphatic rings. The summed E-state index contributed by atoms with van der Waals surface area (Å²) in [5.41, 5.74) is 0. The Balaban J connectivity index is 4.13. The van der Waals surface area contributed by atoms with Crippen molar-refractivity contribution in [3.05, 3.63) is 25.7 Å². The molecule has 0 bridgehead atoms. The average Bonchev–Trinajstić information content (AvgIpc) is 2.15. The Morgan fingerprint density at radius 3 is 2.29 bits per heavy atom. The Morgan fingerprint density at radius 1 is 1.29 bits per heavy atom. The van der Waals surface area contributed by atoms with Gasteiger partial charge in [-0.15, -0.1) is 0 Å². The van der Waals surface area contributed by atoms with Gasteiger partial charge in [-0.25, -0.2) is 0 Å². The molecule has 0 amide bonds. The van der Waals surface area contributed by atoms with E-state index in [-0.39, 0.29) is 6.42 Å². The predicted octanol–water partition coefficient (Wildman–Crippen LogP) is 1.78. The summed E-state index contributed by atoms with van der Waals surface area (Å²) >= 11 is 0. The molecule has 14 heavy (non-hydrogen) atoms. The lowest BCUT2D eigenvalue weighted by atomic mass is 10.0. The number of hydrogen-bond acceptors (Lipinski definition) is 4. The first-order valence-corrected chi connectivity index (χ1v) is 4.27. The zero-order chi connectivity index (χ0) is 11.0. The molecule has 0 heterocycles. The average molecular weight is 198 g/mol. The molecule has 0 aromatic heterocycles. The summed E-state index contributed by atoms with van der Waals surface area (Å²) in [7, 11) is 0. The van der Waals surface area contributed by atoms with E-state index in [0.717, 1.165) is 12.5 Å². The van der Waals surface area contributed by atoms with Crippen molar-refractivity contribution in [2.24, 2.45) is 5.92 Å². The van der Waals surface area contributed by atoms with E-state index >= 15 is 0 Å². The van der Waals surface area contributed by atoms with Gasteiger partial charge < -0.3 is 9.47 Å². The van der Waals surface area contributed by atoms with Crippen LogP contribution in [0.4, 0.5) is 0 Å². The molecule has 0 spiro atoms.